The molecule has 3 N–H and O–H groups in total. The van der Waals surface area contributed by atoms with Crippen LogP contribution in [0.3, 0.4) is 0 Å². The number of rotatable bonds is 3. The Bertz CT molecular complexity index is 457. The third kappa shape index (κ3) is 2.17. The molecule has 0 spiro atoms. The first-order chi connectivity index (χ1) is 7.11. The van der Waals surface area contributed by atoms with Crippen LogP contribution in [-0.4, -0.2) is 16.2 Å². The Morgan fingerprint density at radius 3 is 2.87 bits per heavy atom. The Hall–Kier alpha value is -1.80. The number of nitrogens with zero attached hydrogens (tertiary/aromatic N) is 2. The average molecular weight is 207 g/mol. The molecule has 5 heteroatoms. The van der Waals surface area contributed by atoms with Gasteiger partial charge in [-0.05, 0) is 25.5 Å². The molecule has 0 aromatic carbocycles. The minimum Gasteiger partial charge on any atom is -0.493 e. The van der Waals surface area contributed by atoms with Crippen molar-refractivity contribution < 1.29 is 5.11 Å². The summed E-state index contributed by atoms with van der Waals surface area (Å²) >= 11 is 0. The van der Waals surface area contributed by atoms with Crippen LogP contribution in [0.15, 0.2) is 10.9 Å². The van der Waals surface area contributed by atoms with Crippen LogP contribution in [0.4, 0.5) is 0 Å². The summed E-state index contributed by atoms with van der Waals surface area (Å²) < 4.78 is 1.17. The molecule has 0 aliphatic heterocycles. The number of nitriles is 1. The van der Waals surface area contributed by atoms with Crippen molar-refractivity contribution in [3.8, 4) is 11.9 Å². The van der Waals surface area contributed by atoms with Crippen molar-refractivity contribution in [2.45, 2.75) is 19.9 Å². The van der Waals surface area contributed by atoms with Crippen LogP contribution < -0.4 is 11.3 Å². The molecule has 1 aromatic heterocycles. The van der Waals surface area contributed by atoms with Gasteiger partial charge in [0.1, 0.15) is 11.6 Å². The molecule has 5 nitrogen and oxygen atoms in total. The summed E-state index contributed by atoms with van der Waals surface area (Å²) in [5.74, 6) is -0.268. The van der Waals surface area contributed by atoms with Gasteiger partial charge in [-0.15, -0.1) is 0 Å². The Labute approximate surface area is 87.4 Å². The summed E-state index contributed by atoms with van der Waals surface area (Å²) in [5.41, 5.74) is 5.64. The molecule has 1 heterocycles. The average Bonchev–Trinajstić information content (AvgIpc) is 2.17. The third-order valence-electron chi connectivity index (χ3n) is 2.18. The van der Waals surface area contributed by atoms with Crippen LogP contribution >= 0.6 is 0 Å². The predicted molar refractivity (Wildman–Crippen MR) is 55.5 cm³/mol. The monoisotopic (exact) mass is 207 g/mol. The molecular weight excluding hydrogens is 194 g/mol. The smallest absolute Gasteiger partial charge is 0.253 e. The van der Waals surface area contributed by atoms with E-state index in [9.17, 15) is 9.90 Å². The number of nitrogens with two attached hydrogens (primary N) is 1. The normalized spacial score (nSPS) is 9.93. The van der Waals surface area contributed by atoms with Gasteiger partial charge in [0.2, 0.25) is 5.88 Å². The first-order valence-corrected chi connectivity index (χ1v) is 4.65. The highest BCUT2D eigenvalue weighted by Gasteiger charge is 2.11. The van der Waals surface area contributed by atoms with Crippen LogP contribution in [0.1, 0.15) is 17.5 Å². The predicted octanol–water partition coefficient (Wildman–Crippen LogP) is 0.0828. The van der Waals surface area contributed by atoms with Gasteiger partial charge < -0.3 is 10.8 Å². The number of aromatic nitrogens is 1. The lowest BCUT2D eigenvalue weighted by atomic mass is 10.1. The van der Waals surface area contributed by atoms with Gasteiger partial charge in [-0.25, -0.2) is 0 Å². The Morgan fingerprint density at radius 1 is 1.67 bits per heavy atom. The topological polar surface area (TPSA) is 92.0 Å². The first kappa shape index (κ1) is 11.3. The molecule has 80 valence electrons. The van der Waals surface area contributed by atoms with Crippen LogP contribution in [-0.2, 0) is 6.54 Å². The molecule has 0 aliphatic carbocycles. The quantitative estimate of drug-likeness (QED) is 0.734. The SMILES string of the molecule is Cc1cc(=O)n(CCCN)c(O)c1C#N. The van der Waals surface area contributed by atoms with E-state index < -0.39 is 0 Å². The molecule has 0 aliphatic rings. The van der Waals surface area contributed by atoms with Gasteiger partial charge >= 0.3 is 0 Å². The lowest BCUT2D eigenvalue weighted by molar-refractivity contribution is 0.401. The highest BCUT2D eigenvalue weighted by Crippen LogP contribution is 2.17. The van der Waals surface area contributed by atoms with Gasteiger partial charge in [-0.2, -0.15) is 5.26 Å². The zero-order valence-corrected chi connectivity index (χ0v) is 8.53. The molecule has 1 rings (SSSR count). The van der Waals surface area contributed by atoms with E-state index >= 15 is 0 Å². The van der Waals surface area contributed by atoms with Crippen molar-refractivity contribution in [1.29, 1.82) is 5.26 Å². The molecule has 0 amide bonds. The minimum atomic E-state index is -0.308. The largest absolute Gasteiger partial charge is 0.493 e. The van der Waals surface area contributed by atoms with E-state index in [2.05, 4.69) is 0 Å². The zero-order valence-electron chi connectivity index (χ0n) is 8.53. The summed E-state index contributed by atoms with van der Waals surface area (Å²) in [4.78, 5) is 11.5. The van der Waals surface area contributed by atoms with Crippen LogP contribution in [0.2, 0.25) is 0 Å². The van der Waals surface area contributed by atoms with Crippen molar-refractivity contribution in [1.82, 2.24) is 4.57 Å². The maximum absolute atomic E-state index is 11.5. The number of aryl methyl sites for hydroxylation is 1. The number of pyridine rings is 1. The maximum Gasteiger partial charge on any atom is 0.253 e. The molecule has 0 radical (unpaired) electrons. The van der Waals surface area contributed by atoms with E-state index in [1.54, 1.807) is 6.92 Å². The fraction of sp³-hybridized carbons (Fsp3) is 0.400. The number of hydrogen-bond donors (Lipinski definition) is 2. The van der Waals surface area contributed by atoms with Gasteiger partial charge in [0.15, 0.2) is 0 Å². The second kappa shape index (κ2) is 4.62. The molecule has 0 atom stereocenters. The molecule has 15 heavy (non-hydrogen) atoms. The van der Waals surface area contributed by atoms with E-state index in [0.29, 0.717) is 25.1 Å². The Kier molecular flexibility index (Phi) is 3.47. The van der Waals surface area contributed by atoms with Crippen molar-refractivity contribution in [2.75, 3.05) is 6.54 Å². The summed E-state index contributed by atoms with van der Waals surface area (Å²) in [7, 11) is 0. The second-order valence-corrected chi connectivity index (χ2v) is 3.27. The highest BCUT2D eigenvalue weighted by atomic mass is 16.3. The van der Waals surface area contributed by atoms with Crippen molar-refractivity contribution >= 4 is 0 Å². The Balaban J connectivity index is 3.28. The van der Waals surface area contributed by atoms with Gasteiger partial charge in [0, 0.05) is 12.6 Å². The fourth-order valence-electron chi connectivity index (χ4n) is 1.35. The lowest BCUT2D eigenvalue weighted by Gasteiger charge is -2.09. The van der Waals surface area contributed by atoms with Gasteiger partial charge in [0.25, 0.3) is 5.56 Å². The van der Waals surface area contributed by atoms with E-state index in [4.69, 9.17) is 11.0 Å². The molecule has 0 bridgehead atoms. The molecule has 0 saturated heterocycles. The van der Waals surface area contributed by atoms with Crippen LogP contribution in [0.25, 0.3) is 0 Å². The zero-order chi connectivity index (χ0) is 11.4. The van der Waals surface area contributed by atoms with E-state index in [1.165, 1.54) is 10.6 Å². The van der Waals surface area contributed by atoms with Crippen LogP contribution in [0, 0.1) is 18.3 Å². The van der Waals surface area contributed by atoms with Crippen molar-refractivity contribution in [2.24, 2.45) is 5.73 Å². The molecular formula is C10H13N3O2. The summed E-state index contributed by atoms with van der Waals surface area (Å²) in [6.45, 7) is 2.38. The number of hydrogen-bond acceptors (Lipinski definition) is 4. The lowest BCUT2D eigenvalue weighted by Crippen LogP contribution is -2.22. The third-order valence-corrected chi connectivity index (χ3v) is 2.18. The first-order valence-electron chi connectivity index (χ1n) is 4.65. The number of aromatic hydroxyl groups is 1. The van der Waals surface area contributed by atoms with E-state index in [1.807, 2.05) is 6.07 Å². The van der Waals surface area contributed by atoms with Gasteiger partial charge in [-0.1, -0.05) is 0 Å². The maximum atomic E-state index is 11.5. The minimum absolute atomic E-state index is 0.145. The highest BCUT2D eigenvalue weighted by molar-refractivity contribution is 5.43. The van der Waals surface area contributed by atoms with E-state index in [-0.39, 0.29) is 17.0 Å². The Morgan fingerprint density at radius 2 is 2.33 bits per heavy atom. The molecule has 1 aromatic rings. The van der Waals surface area contributed by atoms with Crippen LogP contribution in [0.5, 0.6) is 5.88 Å². The molecule has 0 unspecified atom stereocenters. The second-order valence-electron chi connectivity index (χ2n) is 3.27. The standard InChI is InChI=1S/C10H13N3O2/c1-7-5-9(14)13(4-2-3-11)10(15)8(7)6-12/h5,15H,2-4,11H2,1H3. The molecule has 0 saturated carbocycles. The summed E-state index contributed by atoms with van der Waals surface area (Å²) in [5, 5.41) is 18.5. The molecule has 0 fully saturated rings. The summed E-state index contributed by atoms with van der Waals surface area (Å²) in [6.07, 6.45) is 0.585. The fourth-order valence-corrected chi connectivity index (χ4v) is 1.35. The van der Waals surface area contributed by atoms with E-state index in [0.717, 1.165) is 0 Å². The van der Waals surface area contributed by atoms with Gasteiger partial charge in [0.05, 0.1) is 0 Å². The van der Waals surface area contributed by atoms with Crippen molar-refractivity contribution in [3.63, 3.8) is 0 Å². The van der Waals surface area contributed by atoms with Crippen molar-refractivity contribution in [3.05, 3.63) is 27.5 Å². The summed E-state index contributed by atoms with van der Waals surface area (Å²) in [6, 6.07) is 3.21. The van der Waals surface area contributed by atoms with Gasteiger partial charge in [-0.3, -0.25) is 9.36 Å².